The Labute approximate surface area is 168 Å². The van der Waals surface area contributed by atoms with Gasteiger partial charge in [0.15, 0.2) is 0 Å². The molecule has 6 aromatic rings. The molecule has 0 bridgehead atoms. The van der Waals surface area contributed by atoms with Crippen molar-refractivity contribution in [3.8, 4) is 16.9 Å². The second-order valence-electron chi connectivity index (χ2n) is 7.57. The van der Waals surface area contributed by atoms with E-state index in [2.05, 4.69) is 78.9 Å². The predicted octanol–water partition coefficient (Wildman–Crippen LogP) is 7.67. The highest BCUT2D eigenvalue weighted by molar-refractivity contribution is 6.12. The highest BCUT2D eigenvalue weighted by atomic mass is 16.3. The van der Waals surface area contributed by atoms with E-state index in [0.717, 1.165) is 27.3 Å². The van der Waals surface area contributed by atoms with E-state index in [1.165, 1.54) is 26.9 Å². The Morgan fingerprint density at radius 1 is 0.414 bits per heavy atom. The molecule has 0 spiro atoms. The van der Waals surface area contributed by atoms with Gasteiger partial charge in [-0.15, -0.1) is 0 Å². The molecular formula is C28H18O. The van der Waals surface area contributed by atoms with Gasteiger partial charge in [0.05, 0.1) is 0 Å². The van der Waals surface area contributed by atoms with Crippen molar-refractivity contribution in [2.45, 2.75) is 0 Å². The molecule has 0 radical (unpaired) electrons. The smallest absolute Gasteiger partial charge is 0.131 e. The van der Waals surface area contributed by atoms with Gasteiger partial charge in [-0.2, -0.15) is 0 Å². The third kappa shape index (κ3) is 2.41. The molecule has 0 saturated heterocycles. The molecule has 1 heteroatoms. The fourth-order valence-electron chi connectivity index (χ4n) is 4.49. The number of phenols is 1. The lowest BCUT2D eigenvalue weighted by atomic mass is 9.94. The molecule has 0 saturated carbocycles. The van der Waals surface area contributed by atoms with Crippen LogP contribution in [0.3, 0.4) is 0 Å². The second-order valence-corrected chi connectivity index (χ2v) is 7.57. The molecular weight excluding hydrogens is 352 g/mol. The van der Waals surface area contributed by atoms with Crippen molar-refractivity contribution in [3.05, 3.63) is 103 Å². The van der Waals surface area contributed by atoms with Gasteiger partial charge in [-0.1, -0.05) is 91.0 Å². The van der Waals surface area contributed by atoms with E-state index in [1.54, 1.807) is 0 Å². The van der Waals surface area contributed by atoms with Crippen LogP contribution in [0.25, 0.3) is 54.2 Å². The van der Waals surface area contributed by atoms with Crippen LogP contribution in [0.1, 0.15) is 0 Å². The predicted molar refractivity (Wildman–Crippen MR) is 124 cm³/mol. The number of rotatable bonds is 1. The Balaban J connectivity index is 1.59. The van der Waals surface area contributed by atoms with E-state index < -0.39 is 0 Å². The second kappa shape index (κ2) is 6.08. The molecule has 1 nitrogen and oxygen atoms in total. The van der Waals surface area contributed by atoms with Crippen molar-refractivity contribution in [1.82, 2.24) is 0 Å². The molecule has 0 aromatic heterocycles. The zero-order valence-corrected chi connectivity index (χ0v) is 15.8. The summed E-state index contributed by atoms with van der Waals surface area (Å²) in [4.78, 5) is 0. The molecule has 0 aliphatic carbocycles. The van der Waals surface area contributed by atoms with Gasteiger partial charge in [0.25, 0.3) is 0 Å². The van der Waals surface area contributed by atoms with E-state index in [9.17, 15) is 5.11 Å². The molecule has 6 rings (SSSR count). The van der Waals surface area contributed by atoms with Gasteiger partial charge in [-0.25, -0.2) is 0 Å². The molecule has 0 aliphatic heterocycles. The summed E-state index contributed by atoms with van der Waals surface area (Å²) in [5.74, 6) is 0.341. The first-order valence-corrected chi connectivity index (χ1v) is 9.85. The highest BCUT2D eigenvalue weighted by Gasteiger charge is 2.11. The summed E-state index contributed by atoms with van der Waals surface area (Å²) in [6, 6.07) is 35.8. The van der Waals surface area contributed by atoms with Gasteiger partial charge < -0.3 is 5.11 Å². The monoisotopic (exact) mass is 370 g/mol. The number of fused-ring (bicyclic) bond motifs is 6. The Morgan fingerprint density at radius 2 is 0.966 bits per heavy atom. The maximum Gasteiger partial charge on any atom is 0.131 e. The molecule has 29 heavy (non-hydrogen) atoms. The molecule has 0 aliphatic rings. The van der Waals surface area contributed by atoms with Crippen LogP contribution in [0.4, 0.5) is 0 Å². The Hall–Kier alpha value is -3.84. The third-order valence-corrected chi connectivity index (χ3v) is 5.95. The fourth-order valence-corrected chi connectivity index (χ4v) is 4.49. The number of hydrogen-bond donors (Lipinski definition) is 1. The van der Waals surface area contributed by atoms with Gasteiger partial charge in [0.2, 0.25) is 0 Å². The van der Waals surface area contributed by atoms with E-state index in [4.69, 9.17) is 0 Å². The summed E-state index contributed by atoms with van der Waals surface area (Å²) in [6.45, 7) is 0. The summed E-state index contributed by atoms with van der Waals surface area (Å²) in [5, 5.41) is 20.3. The van der Waals surface area contributed by atoms with Crippen LogP contribution in [0.2, 0.25) is 0 Å². The molecule has 0 atom stereocenters. The standard InChI is InChI=1S/C28H18O/c29-28-25(15-16-26-23-8-4-2-6-19(23)11-14-27(26)28)21-12-13-24-20(17-21)10-9-18-5-1-3-7-22(18)24/h1-17,29H. The average Bonchev–Trinajstić information content (AvgIpc) is 2.78. The lowest BCUT2D eigenvalue weighted by Gasteiger charge is -2.12. The zero-order chi connectivity index (χ0) is 19.4. The topological polar surface area (TPSA) is 20.2 Å². The molecule has 0 fully saturated rings. The summed E-state index contributed by atoms with van der Waals surface area (Å²) in [7, 11) is 0. The van der Waals surface area contributed by atoms with Crippen LogP contribution in [0, 0.1) is 0 Å². The Bertz CT molecular complexity index is 1560. The summed E-state index contributed by atoms with van der Waals surface area (Å²) in [5.41, 5.74) is 1.89. The minimum Gasteiger partial charge on any atom is -0.507 e. The first-order chi connectivity index (χ1) is 14.3. The van der Waals surface area contributed by atoms with Crippen LogP contribution >= 0.6 is 0 Å². The van der Waals surface area contributed by atoms with E-state index in [0.29, 0.717) is 5.75 Å². The van der Waals surface area contributed by atoms with E-state index in [1.807, 2.05) is 24.3 Å². The average molecular weight is 370 g/mol. The minimum atomic E-state index is 0.341. The zero-order valence-electron chi connectivity index (χ0n) is 15.8. The van der Waals surface area contributed by atoms with Crippen molar-refractivity contribution in [3.63, 3.8) is 0 Å². The van der Waals surface area contributed by atoms with Crippen LogP contribution in [-0.4, -0.2) is 5.11 Å². The van der Waals surface area contributed by atoms with Gasteiger partial charge in [-0.3, -0.25) is 0 Å². The molecule has 1 N–H and O–H groups in total. The lowest BCUT2D eigenvalue weighted by molar-refractivity contribution is 0.483. The van der Waals surface area contributed by atoms with Crippen LogP contribution in [-0.2, 0) is 0 Å². The number of phenolic OH excluding ortho intramolecular Hbond substituents is 1. The van der Waals surface area contributed by atoms with Crippen molar-refractivity contribution < 1.29 is 5.11 Å². The fraction of sp³-hybridized carbons (Fsp3) is 0. The van der Waals surface area contributed by atoms with E-state index >= 15 is 0 Å². The largest absolute Gasteiger partial charge is 0.507 e. The SMILES string of the molecule is Oc1c(-c2ccc3c(ccc4ccccc43)c2)ccc2c1ccc1ccccc12. The first kappa shape index (κ1) is 16.1. The van der Waals surface area contributed by atoms with Gasteiger partial charge in [0, 0.05) is 10.9 Å². The maximum absolute atomic E-state index is 11.1. The Morgan fingerprint density at radius 3 is 1.76 bits per heavy atom. The summed E-state index contributed by atoms with van der Waals surface area (Å²) in [6.07, 6.45) is 0. The molecule has 0 unspecified atom stereocenters. The third-order valence-electron chi connectivity index (χ3n) is 5.95. The molecule has 136 valence electrons. The van der Waals surface area contributed by atoms with Gasteiger partial charge >= 0.3 is 0 Å². The molecule has 0 amide bonds. The molecule has 0 heterocycles. The van der Waals surface area contributed by atoms with Crippen LogP contribution < -0.4 is 0 Å². The van der Waals surface area contributed by atoms with Crippen molar-refractivity contribution in [2.24, 2.45) is 0 Å². The van der Waals surface area contributed by atoms with E-state index in [-0.39, 0.29) is 0 Å². The normalized spacial score (nSPS) is 11.6. The number of benzene rings is 6. The highest BCUT2D eigenvalue weighted by Crippen LogP contribution is 2.39. The summed E-state index contributed by atoms with van der Waals surface area (Å²) >= 11 is 0. The Kier molecular flexibility index (Phi) is 3.39. The maximum atomic E-state index is 11.1. The number of hydrogen-bond acceptors (Lipinski definition) is 1. The lowest BCUT2D eigenvalue weighted by Crippen LogP contribution is -1.85. The van der Waals surface area contributed by atoms with Crippen LogP contribution in [0.15, 0.2) is 103 Å². The van der Waals surface area contributed by atoms with Crippen molar-refractivity contribution in [1.29, 1.82) is 0 Å². The minimum absolute atomic E-state index is 0.341. The summed E-state index contributed by atoms with van der Waals surface area (Å²) < 4.78 is 0. The van der Waals surface area contributed by atoms with Crippen LogP contribution in [0.5, 0.6) is 5.75 Å². The first-order valence-electron chi connectivity index (χ1n) is 9.85. The van der Waals surface area contributed by atoms with Crippen molar-refractivity contribution >= 4 is 43.1 Å². The quantitative estimate of drug-likeness (QED) is 0.294. The van der Waals surface area contributed by atoms with Gasteiger partial charge in [-0.05, 0) is 55.4 Å². The van der Waals surface area contributed by atoms with Gasteiger partial charge in [0.1, 0.15) is 5.75 Å². The number of aromatic hydroxyl groups is 1. The van der Waals surface area contributed by atoms with Crippen molar-refractivity contribution in [2.75, 3.05) is 0 Å². The molecule has 6 aromatic carbocycles.